The molecule has 6 nitrogen and oxygen atoms in total. The summed E-state index contributed by atoms with van der Waals surface area (Å²) in [6.07, 6.45) is -4.78. The third-order valence-electron chi connectivity index (χ3n) is 2.35. The number of alkyl halides is 3. The molecular formula is C8H9F3N2O4. The molecule has 0 aromatic rings. The predicted molar refractivity (Wildman–Crippen MR) is 46.8 cm³/mol. The van der Waals surface area contributed by atoms with Crippen LogP contribution in [0.4, 0.5) is 13.2 Å². The standard InChI is InChI=1S/C8H9F3N2O4/c9-8(10,11)7(17)13-2-1-12(4-14)3-5(13)6(15)16/h4-5H,1-3H2,(H,15,16)/t5-/m0/s1. The molecule has 0 saturated carbocycles. The highest BCUT2D eigenvalue weighted by molar-refractivity contribution is 5.87. The number of carboxylic acid groups (broad SMARTS) is 1. The topological polar surface area (TPSA) is 77.9 Å². The monoisotopic (exact) mass is 254 g/mol. The second kappa shape index (κ2) is 4.60. The summed E-state index contributed by atoms with van der Waals surface area (Å²) >= 11 is 0. The summed E-state index contributed by atoms with van der Waals surface area (Å²) in [4.78, 5) is 33.4. The third-order valence-corrected chi connectivity index (χ3v) is 2.35. The molecule has 1 atom stereocenters. The number of amides is 2. The maximum Gasteiger partial charge on any atom is 0.471 e. The zero-order chi connectivity index (χ0) is 13.2. The summed E-state index contributed by atoms with van der Waals surface area (Å²) in [5.41, 5.74) is 0. The minimum atomic E-state index is -5.11. The first-order valence-corrected chi connectivity index (χ1v) is 4.57. The SMILES string of the molecule is O=CN1CCN(C(=O)C(F)(F)F)[C@H](C(=O)O)C1. The summed E-state index contributed by atoms with van der Waals surface area (Å²) in [5.74, 6) is -3.77. The molecule has 0 aromatic carbocycles. The van der Waals surface area contributed by atoms with Crippen molar-refractivity contribution in [3.63, 3.8) is 0 Å². The quantitative estimate of drug-likeness (QED) is 0.661. The molecule has 0 bridgehead atoms. The fourth-order valence-corrected chi connectivity index (χ4v) is 1.52. The van der Waals surface area contributed by atoms with Crippen LogP contribution in [0.25, 0.3) is 0 Å². The molecule has 1 heterocycles. The molecule has 2 amide bonds. The number of carbonyl (C=O) groups excluding carboxylic acids is 2. The number of halogens is 3. The Morgan fingerprint density at radius 2 is 1.88 bits per heavy atom. The van der Waals surface area contributed by atoms with Gasteiger partial charge in [-0.15, -0.1) is 0 Å². The van der Waals surface area contributed by atoms with E-state index < -0.39 is 37.2 Å². The molecule has 9 heteroatoms. The summed E-state index contributed by atoms with van der Waals surface area (Å²) in [6.45, 7) is -1.01. The van der Waals surface area contributed by atoms with Crippen molar-refractivity contribution in [3.8, 4) is 0 Å². The molecule has 1 fully saturated rings. The molecule has 1 N–H and O–H groups in total. The third kappa shape index (κ3) is 2.86. The first-order valence-electron chi connectivity index (χ1n) is 4.57. The summed E-state index contributed by atoms with van der Waals surface area (Å²) in [6, 6.07) is -1.66. The van der Waals surface area contributed by atoms with Crippen molar-refractivity contribution < 1.29 is 32.7 Å². The number of carboxylic acids is 1. The van der Waals surface area contributed by atoms with Gasteiger partial charge in [-0.05, 0) is 0 Å². The van der Waals surface area contributed by atoms with Crippen LogP contribution in [-0.2, 0) is 14.4 Å². The molecule has 0 aliphatic carbocycles. The number of carbonyl (C=O) groups is 3. The molecule has 17 heavy (non-hydrogen) atoms. The zero-order valence-electron chi connectivity index (χ0n) is 8.48. The van der Waals surface area contributed by atoms with Crippen molar-refractivity contribution in [2.24, 2.45) is 0 Å². The molecule has 0 unspecified atom stereocenters. The Hall–Kier alpha value is -1.80. The Morgan fingerprint density at radius 3 is 2.29 bits per heavy atom. The van der Waals surface area contributed by atoms with Crippen LogP contribution in [0.5, 0.6) is 0 Å². The fraction of sp³-hybridized carbons (Fsp3) is 0.625. The maximum absolute atomic E-state index is 12.2. The summed E-state index contributed by atoms with van der Waals surface area (Å²) in [5, 5.41) is 8.73. The van der Waals surface area contributed by atoms with Crippen molar-refractivity contribution in [1.82, 2.24) is 9.80 Å². The van der Waals surface area contributed by atoms with Crippen LogP contribution in [0, 0.1) is 0 Å². The average molecular weight is 254 g/mol. The van der Waals surface area contributed by atoms with Gasteiger partial charge in [0.1, 0.15) is 6.04 Å². The van der Waals surface area contributed by atoms with Gasteiger partial charge in [0, 0.05) is 13.1 Å². The smallest absolute Gasteiger partial charge is 0.471 e. The highest BCUT2D eigenvalue weighted by Crippen LogP contribution is 2.21. The van der Waals surface area contributed by atoms with E-state index in [9.17, 15) is 27.6 Å². The zero-order valence-corrected chi connectivity index (χ0v) is 8.48. The van der Waals surface area contributed by atoms with Gasteiger partial charge in [-0.3, -0.25) is 9.59 Å². The van der Waals surface area contributed by atoms with Crippen LogP contribution < -0.4 is 0 Å². The van der Waals surface area contributed by atoms with Gasteiger partial charge in [-0.2, -0.15) is 13.2 Å². The van der Waals surface area contributed by atoms with E-state index in [1.54, 1.807) is 0 Å². The number of aliphatic carboxylic acids is 1. The molecule has 0 radical (unpaired) electrons. The lowest BCUT2D eigenvalue weighted by Gasteiger charge is -2.37. The lowest BCUT2D eigenvalue weighted by atomic mass is 10.1. The van der Waals surface area contributed by atoms with Gasteiger partial charge in [-0.25, -0.2) is 4.79 Å². The average Bonchev–Trinajstić information content (AvgIpc) is 2.25. The van der Waals surface area contributed by atoms with Crippen LogP contribution in [0.15, 0.2) is 0 Å². The number of rotatable bonds is 2. The van der Waals surface area contributed by atoms with Gasteiger partial charge in [0.15, 0.2) is 0 Å². The minimum absolute atomic E-state index is 0.116. The van der Waals surface area contributed by atoms with E-state index in [2.05, 4.69) is 0 Å². The Morgan fingerprint density at radius 1 is 1.29 bits per heavy atom. The molecule has 0 aromatic heterocycles. The van der Waals surface area contributed by atoms with Crippen molar-refractivity contribution >= 4 is 18.3 Å². The largest absolute Gasteiger partial charge is 0.480 e. The molecule has 1 saturated heterocycles. The molecular weight excluding hydrogens is 245 g/mol. The van der Waals surface area contributed by atoms with E-state index in [0.717, 1.165) is 4.90 Å². The van der Waals surface area contributed by atoms with Gasteiger partial charge in [-0.1, -0.05) is 0 Å². The second-order valence-electron chi connectivity index (χ2n) is 3.45. The number of piperazine rings is 1. The Labute approximate surface area is 93.6 Å². The highest BCUT2D eigenvalue weighted by Gasteiger charge is 2.47. The van der Waals surface area contributed by atoms with Gasteiger partial charge in [0.25, 0.3) is 0 Å². The van der Waals surface area contributed by atoms with Crippen LogP contribution in [0.3, 0.4) is 0 Å². The van der Waals surface area contributed by atoms with Gasteiger partial charge >= 0.3 is 18.1 Å². The summed E-state index contributed by atoms with van der Waals surface area (Å²) < 4.78 is 36.5. The Balaban J connectivity index is 2.88. The minimum Gasteiger partial charge on any atom is -0.480 e. The van der Waals surface area contributed by atoms with Crippen molar-refractivity contribution in [3.05, 3.63) is 0 Å². The maximum atomic E-state index is 12.2. The van der Waals surface area contributed by atoms with Gasteiger partial charge in [0.2, 0.25) is 6.41 Å². The summed E-state index contributed by atoms with van der Waals surface area (Å²) in [7, 11) is 0. The van der Waals surface area contributed by atoms with E-state index in [4.69, 9.17) is 5.11 Å². The van der Waals surface area contributed by atoms with E-state index in [1.807, 2.05) is 0 Å². The molecule has 1 rings (SSSR count). The highest BCUT2D eigenvalue weighted by atomic mass is 19.4. The Kier molecular flexibility index (Phi) is 3.59. The normalized spacial score (nSPS) is 21.2. The van der Waals surface area contributed by atoms with Gasteiger partial charge < -0.3 is 14.9 Å². The van der Waals surface area contributed by atoms with Crippen molar-refractivity contribution in [1.29, 1.82) is 0 Å². The van der Waals surface area contributed by atoms with Crippen LogP contribution in [0.2, 0.25) is 0 Å². The first-order chi connectivity index (χ1) is 7.77. The number of nitrogens with zero attached hydrogens (tertiary/aromatic N) is 2. The molecule has 1 aliphatic rings. The van der Waals surface area contributed by atoms with Crippen LogP contribution in [-0.4, -0.2) is 65.0 Å². The van der Waals surface area contributed by atoms with Crippen molar-refractivity contribution in [2.75, 3.05) is 19.6 Å². The Bertz CT molecular complexity index is 344. The lowest BCUT2D eigenvalue weighted by molar-refractivity contribution is -0.192. The van der Waals surface area contributed by atoms with E-state index in [1.165, 1.54) is 0 Å². The van der Waals surface area contributed by atoms with Gasteiger partial charge in [0.05, 0.1) is 6.54 Å². The fourth-order valence-electron chi connectivity index (χ4n) is 1.52. The lowest BCUT2D eigenvalue weighted by Crippen LogP contribution is -2.60. The molecule has 0 spiro atoms. The van der Waals surface area contributed by atoms with E-state index in [-0.39, 0.29) is 11.4 Å². The number of hydrogen-bond acceptors (Lipinski definition) is 3. The predicted octanol–water partition coefficient (Wildman–Crippen LogP) is -0.698. The van der Waals surface area contributed by atoms with Crippen molar-refractivity contribution in [2.45, 2.75) is 12.2 Å². The molecule has 1 aliphatic heterocycles. The number of hydrogen-bond donors (Lipinski definition) is 1. The first kappa shape index (κ1) is 13.3. The van der Waals surface area contributed by atoms with E-state index in [0.29, 0.717) is 6.41 Å². The van der Waals surface area contributed by atoms with E-state index >= 15 is 0 Å². The molecule has 96 valence electrons. The second-order valence-corrected chi connectivity index (χ2v) is 3.45. The van der Waals surface area contributed by atoms with Crippen LogP contribution in [0.1, 0.15) is 0 Å². The van der Waals surface area contributed by atoms with Crippen LogP contribution >= 0.6 is 0 Å².